The van der Waals surface area contributed by atoms with Crippen molar-refractivity contribution in [3.63, 3.8) is 0 Å². The minimum absolute atomic E-state index is 0.283. The van der Waals surface area contributed by atoms with Gasteiger partial charge in [-0.2, -0.15) is 19.0 Å². The summed E-state index contributed by atoms with van der Waals surface area (Å²) in [7, 11) is 0. The van der Waals surface area contributed by atoms with Crippen LogP contribution in [0.3, 0.4) is 0 Å². The van der Waals surface area contributed by atoms with Gasteiger partial charge in [0.15, 0.2) is 0 Å². The molecule has 0 aliphatic rings. The van der Waals surface area contributed by atoms with Crippen molar-refractivity contribution < 1.29 is 8.78 Å². The molecule has 0 aliphatic heterocycles. The Hall–Kier alpha value is -3.28. The maximum absolute atomic E-state index is 14.8. The monoisotopic (exact) mass is 336 g/mol. The highest BCUT2D eigenvalue weighted by atomic mass is 19.3. The highest BCUT2D eigenvalue weighted by molar-refractivity contribution is 5.61. The Morgan fingerprint density at radius 3 is 1.44 bits per heavy atom. The molecule has 0 saturated carbocycles. The second-order valence-electron chi connectivity index (χ2n) is 5.64. The lowest BCUT2D eigenvalue weighted by Crippen LogP contribution is -2.16. The second kappa shape index (κ2) is 5.98. The van der Waals surface area contributed by atoms with Crippen LogP contribution in [0.1, 0.15) is 11.4 Å². The van der Waals surface area contributed by atoms with Crippen LogP contribution in [0.25, 0.3) is 22.5 Å². The summed E-state index contributed by atoms with van der Waals surface area (Å²) in [5, 5.41) is 12.9. The minimum atomic E-state index is -3.25. The fourth-order valence-electron chi connectivity index (χ4n) is 2.62. The van der Waals surface area contributed by atoms with Crippen molar-refractivity contribution >= 4 is 0 Å². The van der Waals surface area contributed by atoms with E-state index in [0.29, 0.717) is 11.4 Å². The number of aromatic nitrogens is 4. The van der Waals surface area contributed by atoms with Gasteiger partial charge in [0.05, 0.1) is 11.4 Å². The number of hydrogen-bond donors (Lipinski definition) is 2. The van der Waals surface area contributed by atoms with Gasteiger partial charge in [0.25, 0.3) is 0 Å². The van der Waals surface area contributed by atoms with E-state index < -0.39 is 5.92 Å². The number of nitrogens with one attached hydrogen (secondary N) is 2. The third-order valence-electron chi connectivity index (χ3n) is 3.97. The lowest BCUT2D eigenvalue weighted by atomic mass is 10.1. The van der Waals surface area contributed by atoms with Crippen molar-refractivity contribution in [3.05, 3.63) is 84.2 Å². The molecular weight excluding hydrogens is 322 g/mol. The molecule has 2 aromatic carbocycles. The quantitative estimate of drug-likeness (QED) is 0.572. The molecule has 0 atom stereocenters. The van der Waals surface area contributed by atoms with Gasteiger partial charge >= 0.3 is 5.92 Å². The Bertz CT molecular complexity index is 895. The number of halogens is 2. The van der Waals surface area contributed by atoms with E-state index in [1.165, 1.54) is 12.1 Å². The van der Waals surface area contributed by atoms with E-state index in [4.69, 9.17) is 0 Å². The molecule has 0 fully saturated rings. The first kappa shape index (κ1) is 15.3. The maximum atomic E-state index is 14.8. The molecule has 2 heterocycles. The van der Waals surface area contributed by atoms with E-state index in [9.17, 15) is 8.78 Å². The van der Waals surface area contributed by atoms with Crippen LogP contribution in [-0.4, -0.2) is 20.4 Å². The van der Waals surface area contributed by atoms with E-state index in [1.807, 2.05) is 60.7 Å². The first-order chi connectivity index (χ1) is 12.1. The van der Waals surface area contributed by atoms with Crippen LogP contribution < -0.4 is 0 Å². The standard InChI is InChI=1S/C19H14F2N4/c20-19(21,17-11-15(22-24-17)13-7-3-1-4-8-13)18-12-16(23-25-18)14-9-5-2-6-10-14/h1-12H,(H,22,24)(H,23,25). The number of benzene rings is 2. The molecule has 0 bridgehead atoms. The summed E-state index contributed by atoms with van der Waals surface area (Å²) in [5.74, 6) is -3.25. The number of alkyl halides is 2. The van der Waals surface area contributed by atoms with Crippen molar-refractivity contribution in [1.29, 1.82) is 0 Å². The highest BCUT2D eigenvalue weighted by Gasteiger charge is 2.38. The zero-order valence-corrected chi connectivity index (χ0v) is 13.1. The lowest BCUT2D eigenvalue weighted by molar-refractivity contribution is 0.0331. The van der Waals surface area contributed by atoms with Crippen molar-refractivity contribution in [2.24, 2.45) is 0 Å². The molecule has 2 N–H and O–H groups in total. The molecule has 124 valence electrons. The zero-order valence-electron chi connectivity index (χ0n) is 13.1. The van der Waals surface area contributed by atoms with Crippen LogP contribution in [0.5, 0.6) is 0 Å². The molecule has 4 nitrogen and oxygen atoms in total. The summed E-state index contributed by atoms with van der Waals surface area (Å²) in [6.07, 6.45) is 0. The molecule has 0 saturated heterocycles. The van der Waals surface area contributed by atoms with E-state index >= 15 is 0 Å². The van der Waals surface area contributed by atoms with E-state index in [0.717, 1.165) is 11.1 Å². The SMILES string of the molecule is FC(F)(c1cc(-c2ccccc2)n[nH]1)c1cc(-c2ccccc2)n[nH]1. The normalized spacial score (nSPS) is 11.6. The van der Waals surface area contributed by atoms with Gasteiger partial charge in [-0.15, -0.1) is 0 Å². The Kier molecular flexibility index (Phi) is 3.65. The van der Waals surface area contributed by atoms with Gasteiger partial charge in [0, 0.05) is 11.1 Å². The third kappa shape index (κ3) is 2.82. The molecule has 0 aliphatic carbocycles. The highest BCUT2D eigenvalue weighted by Crippen LogP contribution is 2.36. The predicted octanol–water partition coefficient (Wildman–Crippen LogP) is 4.61. The topological polar surface area (TPSA) is 57.4 Å². The maximum Gasteiger partial charge on any atom is 0.330 e. The lowest BCUT2D eigenvalue weighted by Gasteiger charge is -2.11. The van der Waals surface area contributed by atoms with Gasteiger partial charge in [-0.1, -0.05) is 60.7 Å². The predicted molar refractivity (Wildman–Crippen MR) is 91.0 cm³/mol. The second-order valence-corrected chi connectivity index (χ2v) is 5.64. The number of nitrogens with zero attached hydrogens (tertiary/aromatic N) is 2. The average molecular weight is 336 g/mol. The van der Waals surface area contributed by atoms with Crippen molar-refractivity contribution in [1.82, 2.24) is 20.4 Å². The van der Waals surface area contributed by atoms with Crippen LogP contribution in [-0.2, 0) is 5.92 Å². The molecule has 4 aromatic rings. The Balaban J connectivity index is 1.66. The van der Waals surface area contributed by atoms with Gasteiger partial charge in [0.1, 0.15) is 11.4 Å². The largest absolute Gasteiger partial charge is 0.330 e. The fraction of sp³-hybridized carbons (Fsp3) is 0.0526. The Morgan fingerprint density at radius 2 is 1.04 bits per heavy atom. The summed E-state index contributed by atoms with van der Waals surface area (Å²) in [4.78, 5) is 0. The van der Waals surface area contributed by atoms with Crippen LogP contribution in [0.15, 0.2) is 72.8 Å². The summed E-state index contributed by atoms with van der Waals surface area (Å²) in [6.45, 7) is 0. The van der Waals surface area contributed by atoms with Crippen LogP contribution in [0, 0.1) is 0 Å². The molecule has 0 radical (unpaired) electrons. The molecule has 4 rings (SSSR count). The zero-order chi connectivity index (χ0) is 17.3. The fourth-order valence-corrected chi connectivity index (χ4v) is 2.62. The average Bonchev–Trinajstić information content (AvgIpc) is 3.34. The first-order valence-corrected chi connectivity index (χ1v) is 7.75. The Morgan fingerprint density at radius 1 is 0.640 bits per heavy atom. The Labute approximate surface area is 142 Å². The summed E-state index contributed by atoms with van der Waals surface area (Å²) >= 11 is 0. The smallest absolute Gasteiger partial charge is 0.275 e. The molecule has 2 aromatic heterocycles. The summed E-state index contributed by atoms with van der Waals surface area (Å²) in [5.41, 5.74) is 1.92. The van der Waals surface area contributed by atoms with Crippen molar-refractivity contribution in [3.8, 4) is 22.5 Å². The van der Waals surface area contributed by atoms with E-state index in [1.54, 1.807) is 0 Å². The molecule has 25 heavy (non-hydrogen) atoms. The van der Waals surface area contributed by atoms with Gasteiger partial charge in [0.2, 0.25) is 0 Å². The molecule has 6 heteroatoms. The van der Waals surface area contributed by atoms with E-state index in [-0.39, 0.29) is 11.4 Å². The van der Waals surface area contributed by atoms with Gasteiger partial charge < -0.3 is 0 Å². The minimum Gasteiger partial charge on any atom is -0.275 e. The number of hydrogen-bond acceptors (Lipinski definition) is 2. The molecule has 0 amide bonds. The van der Waals surface area contributed by atoms with Crippen molar-refractivity contribution in [2.75, 3.05) is 0 Å². The van der Waals surface area contributed by atoms with Crippen LogP contribution in [0.4, 0.5) is 8.78 Å². The molecular formula is C19H14F2N4. The number of aromatic amines is 2. The number of rotatable bonds is 4. The molecule has 0 unspecified atom stereocenters. The van der Waals surface area contributed by atoms with Crippen LogP contribution >= 0.6 is 0 Å². The third-order valence-corrected chi connectivity index (χ3v) is 3.97. The number of H-pyrrole nitrogens is 2. The molecule has 0 spiro atoms. The summed E-state index contributed by atoms with van der Waals surface area (Å²) in [6, 6.07) is 21.1. The van der Waals surface area contributed by atoms with Crippen LogP contribution in [0.2, 0.25) is 0 Å². The van der Waals surface area contributed by atoms with Gasteiger partial charge in [-0.25, -0.2) is 0 Å². The van der Waals surface area contributed by atoms with Gasteiger partial charge in [-0.3, -0.25) is 10.2 Å². The first-order valence-electron chi connectivity index (χ1n) is 7.75. The van der Waals surface area contributed by atoms with E-state index in [2.05, 4.69) is 20.4 Å². The summed E-state index contributed by atoms with van der Waals surface area (Å²) < 4.78 is 29.6. The van der Waals surface area contributed by atoms with Crippen molar-refractivity contribution in [2.45, 2.75) is 5.92 Å². The van der Waals surface area contributed by atoms with Gasteiger partial charge in [-0.05, 0) is 12.1 Å².